The van der Waals surface area contributed by atoms with E-state index in [2.05, 4.69) is 66.8 Å². The molecule has 1 N–H and O–H groups in total. The van der Waals surface area contributed by atoms with Crippen molar-refractivity contribution in [3.05, 3.63) is 65.7 Å². The number of hydrogen-bond acceptors (Lipinski definition) is 2. The molecule has 2 unspecified atom stereocenters. The number of thioether (sulfide) groups is 1. The van der Waals surface area contributed by atoms with Gasteiger partial charge in [0.2, 0.25) is 0 Å². The highest BCUT2D eigenvalue weighted by molar-refractivity contribution is 8.00. The molecule has 19 heavy (non-hydrogen) atoms. The molecule has 0 spiro atoms. The first-order valence-corrected chi connectivity index (χ1v) is 7.74. The quantitative estimate of drug-likeness (QED) is 0.898. The number of fused-ring (bicyclic) bond motifs is 1. The van der Waals surface area contributed by atoms with Crippen molar-refractivity contribution in [2.75, 3.05) is 6.54 Å². The van der Waals surface area contributed by atoms with E-state index in [-0.39, 0.29) is 0 Å². The molecular weight excluding hydrogens is 250 g/mol. The summed E-state index contributed by atoms with van der Waals surface area (Å²) >= 11 is 2.01. The molecule has 0 saturated carbocycles. The number of nitrogens with one attached hydrogen (secondary N) is 1. The van der Waals surface area contributed by atoms with Gasteiger partial charge in [-0.3, -0.25) is 0 Å². The summed E-state index contributed by atoms with van der Waals surface area (Å²) in [4.78, 5) is 1.46. The van der Waals surface area contributed by atoms with Crippen molar-refractivity contribution in [2.24, 2.45) is 0 Å². The minimum absolute atomic E-state index is 0.422. The maximum atomic E-state index is 3.65. The molecule has 1 heterocycles. The molecule has 0 fully saturated rings. The van der Waals surface area contributed by atoms with Gasteiger partial charge < -0.3 is 5.32 Å². The van der Waals surface area contributed by atoms with Crippen LogP contribution in [0.4, 0.5) is 0 Å². The van der Waals surface area contributed by atoms with Gasteiger partial charge in [0.1, 0.15) is 0 Å². The Balaban J connectivity index is 1.55. The number of rotatable bonds is 4. The van der Waals surface area contributed by atoms with E-state index >= 15 is 0 Å². The zero-order chi connectivity index (χ0) is 13.1. The van der Waals surface area contributed by atoms with Crippen LogP contribution in [0.1, 0.15) is 24.1 Å². The molecular formula is C17H19NS. The third kappa shape index (κ3) is 3.02. The molecule has 1 nitrogen and oxygen atoms in total. The van der Waals surface area contributed by atoms with Gasteiger partial charge in [-0.2, -0.15) is 0 Å². The van der Waals surface area contributed by atoms with E-state index in [1.807, 2.05) is 11.8 Å². The van der Waals surface area contributed by atoms with Gasteiger partial charge in [-0.15, -0.1) is 11.8 Å². The molecule has 0 aliphatic carbocycles. The first kappa shape index (κ1) is 12.8. The van der Waals surface area contributed by atoms with Crippen molar-refractivity contribution in [1.29, 1.82) is 0 Å². The largest absolute Gasteiger partial charge is 0.309 e. The third-order valence-electron chi connectivity index (χ3n) is 3.67. The van der Waals surface area contributed by atoms with Gasteiger partial charge in [-0.1, -0.05) is 48.5 Å². The van der Waals surface area contributed by atoms with Gasteiger partial charge >= 0.3 is 0 Å². The molecule has 1 aliphatic heterocycles. The highest BCUT2D eigenvalue weighted by atomic mass is 32.2. The Morgan fingerprint density at radius 3 is 2.63 bits per heavy atom. The van der Waals surface area contributed by atoms with Crippen LogP contribution in [0.2, 0.25) is 0 Å². The Bertz CT molecular complexity index is 513. The second-order valence-electron chi connectivity index (χ2n) is 5.09. The van der Waals surface area contributed by atoms with Crippen LogP contribution in [0.5, 0.6) is 0 Å². The SMILES string of the molecule is CC(NCC1Cc2ccccc2S1)c1ccccc1. The molecule has 1 aliphatic rings. The van der Waals surface area contributed by atoms with Gasteiger partial charge in [0, 0.05) is 22.7 Å². The average Bonchev–Trinajstić information content (AvgIpc) is 2.88. The van der Waals surface area contributed by atoms with E-state index in [0.29, 0.717) is 11.3 Å². The summed E-state index contributed by atoms with van der Waals surface area (Å²) in [6.07, 6.45) is 1.19. The van der Waals surface area contributed by atoms with Crippen LogP contribution in [0, 0.1) is 0 Å². The lowest BCUT2D eigenvalue weighted by atomic mass is 10.1. The Labute approximate surface area is 119 Å². The predicted molar refractivity (Wildman–Crippen MR) is 82.7 cm³/mol. The predicted octanol–water partition coefficient (Wildman–Crippen LogP) is 4.05. The smallest absolute Gasteiger partial charge is 0.0292 e. The highest BCUT2D eigenvalue weighted by Crippen LogP contribution is 2.36. The second-order valence-corrected chi connectivity index (χ2v) is 6.43. The fraction of sp³-hybridized carbons (Fsp3) is 0.294. The van der Waals surface area contributed by atoms with E-state index in [0.717, 1.165) is 6.54 Å². The molecule has 2 heteroatoms. The van der Waals surface area contributed by atoms with Gasteiger partial charge in [0.15, 0.2) is 0 Å². The van der Waals surface area contributed by atoms with Crippen LogP contribution < -0.4 is 5.32 Å². The minimum Gasteiger partial charge on any atom is -0.309 e. The molecule has 2 aromatic rings. The Hall–Kier alpha value is -1.25. The van der Waals surface area contributed by atoms with Crippen molar-refractivity contribution in [2.45, 2.75) is 29.5 Å². The topological polar surface area (TPSA) is 12.0 Å². The van der Waals surface area contributed by atoms with Gasteiger partial charge in [0.05, 0.1) is 0 Å². The minimum atomic E-state index is 0.422. The summed E-state index contributed by atoms with van der Waals surface area (Å²) in [5, 5.41) is 4.32. The Morgan fingerprint density at radius 1 is 1.11 bits per heavy atom. The van der Waals surface area contributed by atoms with Crippen LogP contribution in [0.15, 0.2) is 59.5 Å². The Morgan fingerprint density at radius 2 is 1.84 bits per heavy atom. The third-order valence-corrected chi connectivity index (χ3v) is 4.98. The van der Waals surface area contributed by atoms with Crippen LogP contribution in [-0.4, -0.2) is 11.8 Å². The summed E-state index contributed by atoms with van der Waals surface area (Å²) in [6.45, 7) is 3.30. The van der Waals surface area contributed by atoms with E-state index in [4.69, 9.17) is 0 Å². The van der Waals surface area contributed by atoms with E-state index < -0.39 is 0 Å². The Kier molecular flexibility index (Phi) is 3.90. The van der Waals surface area contributed by atoms with Crippen molar-refractivity contribution < 1.29 is 0 Å². The normalized spacial score (nSPS) is 19.1. The van der Waals surface area contributed by atoms with Gasteiger partial charge in [-0.25, -0.2) is 0 Å². The van der Waals surface area contributed by atoms with Gasteiger partial charge in [0.25, 0.3) is 0 Å². The fourth-order valence-corrected chi connectivity index (χ4v) is 3.80. The second kappa shape index (κ2) is 5.81. The molecule has 0 aromatic heterocycles. The van der Waals surface area contributed by atoms with Crippen LogP contribution in [0.25, 0.3) is 0 Å². The summed E-state index contributed by atoms with van der Waals surface area (Å²) in [6, 6.07) is 19.8. The van der Waals surface area contributed by atoms with E-state index in [1.165, 1.54) is 22.4 Å². The molecule has 98 valence electrons. The molecule has 0 amide bonds. The first-order chi connectivity index (χ1) is 9.33. The van der Waals surface area contributed by atoms with Crippen molar-refractivity contribution in [3.8, 4) is 0 Å². The lowest BCUT2D eigenvalue weighted by molar-refractivity contribution is 0.567. The fourth-order valence-electron chi connectivity index (χ4n) is 2.54. The number of benzene rings is 2. The van der Waals surface area contributed by atoms with Crippen LogP contribution in [0.3, 0.4) is 0 Å². The molecule has 0 bridgehead atoms. The summed E-state index contributed by atoms with van der Waals surface area (Å²) in [5.74, 6) is 0. The molecule has 3 rings (SSSR count). The maximum absolute atomic E-state index is 3.65. The van der Waals surface area contributed by atoms with Crippen molar-refractivity contribution in [3.63, 3.8) is 0 Å². The van der Waals surface area contributed by atoms with Crippen molar-refractivity contribution in [1.82, 2.24) is 5.32 Å². The molecule has 2 aromatic carbocycles. The summed E-state index contributed by atoms with van der Waals surface area (Å²) in [5.41, 5.74) is 2.87. The van der Waals surface area contributed by atoms with Crippen LogP contribution >= 0.6 is 11.8 Å². The zero-order valence-corrected chi connectivity index (χ0v) is 12.0. The maximum Gasteiger partial charge on any atom is 0.0292 e. The lowest BCUT2D eigenvalue weighted by Crippen LogP contribution is -2.27. The monoisotopic (exact) mass is 269 g/mol. The number of hydrogen-bond donors (Lipinski definition) is 1. The molecule has 0 radical (unpaired) electrons. The van der Waals surface area contributed by atoms with Crippen LogP contribution in [-0.2, 0) is 6.42 Å². The average molecular weight is 269 g/mol. The van der Waals surface area contributed by atoms with E-state index in [1.54, 1.807) is 0 Å². The lowest BCUT2D eigenvalue weighted by Gasteiger charge is -2.17. The summed E-state index contributed by atoms with van der Waals surface area (Å²) in [7, 11) is 0. The first-order valence-electron chi connectivity index (χ1n) is 6.86. The highest BCUT2D eigenvalue weighted by Gasteiger charge is 2.21. The molecule has 2 atom stereocenters. The van der Waals surface area contributed by atoms with E-state index in [9.17, 15) is 0 Å². The summed E-state index contributed by atoms with van der Waals surface area (Å²) < 4.78 is 0. The van der Waals surface area contributed by atoms with Gasteiger partial charge in [-0.05, 0) is 30.5 Å². The van der Waals surface area contributed by atoms with Crippen molar-refractivity contribution >= 4 is 11.8 Å². The molecule has 0 saturated heterocycles. The standard InChI is InChI=1S/C17H19NS/c1-13(14-7-3-2-4-8-14)18-12-16-11-15-9-5-6-10-17(15)19-16/h2-10,13,16,18H,11-12H2,1H3. The zero-order valence-electron chi connectivity index (χ0n) is 11.2.